The van der Waals surface area contributed by atoms with Crippen LogP contribution in [0.25, 0.3) is 0 Å². The zero-order chi connectivity index (χ0) is 26.1. The summed E-state index contributed by atoms with van der Waals surface area (Å²) in [4.78, 5) is 38.6. The van der Waals surface area contributed by atoms with Crippen molar-refractivity contribution in [3.8, 4) is 11.5 Å². The van der Waals surface area contributed by atoms with Crippen LogP contribution in [0, 0.1) is 6.92 Å². The van der Waals surface area contributed by atoms with Crippen LogP contribution in [0.5, 0.6) is 11.5 Å². The smallest absolute Gasteiger partial charge is 0.262 e. The molecule has 1 aliphatic heterocycles. The number of amides is 1. The number of hydrogen-bond donors (Lipinski definition) is 2. The first-order valence-electron chi connectivity index (χ1n) is 12.5. The van der Waals surface area contributed by atoms with Crippen LogP contribution in [-0.4, -0.2) is 31.2 Å². The number of ether oxygens (including phenoxy) is 2. The Morgan fingerprint density at radius 3 is 2.27 bits per heavy atom. The second-order valence-corrected chi connectivity index (χ2v) is 10.0. The van der Waals surface area contributed by atoms with E-state index in [2.05, 4.69) is 10.6 Å². The number of benzene rings is 2. The van der Waals surface area contributed by atoms with E-state index in [0.29, 0.717) is 46.2 Å². The summed E-state index contributed by atoms with van der Waals surface area (Å²) in [5.41, 5.74) is 5.54. The van der Waals surface area contributed by atoms with Crippen LogP contribution in [0.15, 0.2) is 58.9 Å². The average molecular weight is 521 g/mol. The Balaban J connectivity index is 1.39. The van der Waals surface area contributed by atoms with E-state index in [1.54, 1.807) is 18.2 Å². The van der Waals surface area contributed by atoms with Gasteiger partial charge in [0.25, 0.3) is 5.91 Å². The average Bonchev–Trinajstić information content (AvgIpc) is 2.89. The Morgan fingerprint density at radius 1 is 0.973 bits per heavy atom. The van der Waals surface area contributed by atoms with E-state index in [-0.39, 0.29) is 24.1 Å². The molecule has 0 aromatic heterocycles. The first kappa shape index (κ1) is 25.1. The van der Waals surface area contributed by atoms with Gasteiger partial charge in [-0.1, -0.05) is 23.7 Å². The molecule has 7 nitrogen and oxygen atoms in total. The number of methoxy groups -OCH3 is 1. The topological polar surface area (TPSA) is 93.7 Å². The number of dihydropyridines is 1. The molecule has 2 aliphatic carbocycles. The molecule has 0 bridgehead atoms. The van der Waals surface area contributed by atoms with Crippen LogP contribution < -0.4 is 20.1 Å². The molecule has 5 rings (SSSR count). The van der Waals surface area contributed by atoms with Gasteiger partial charge in [0.05, 0.1) is 7.11 Å². The van der Waals surface area contributed by atoms with Crippen molar-refractivity contribution in [2.75, 3.05) is 19.0 Å². The molecule has 192 valence electrons. The minimum atomic E-state index is -0.426. The minimum Gasteiger partial charge on any atom is -0.493 e. The first-order valence-corrected chi connectivity index (χ1v) is 12.9. The molecule has 0 spiro atoms. The maximum Gasteiger partial charge on any atom is 0.262 e. The Hall–Kier alpha value is -3.58. The molecule has 0 fully saturated rings. The Bertz CT molecular complexity index is 1320. The molecule has 0 saturated carbocycles. The summed E-state index contributed by atoms with van der Waals surface area (Å²) < 4.78 is 11.4. The van der Waals surface area contributed by atoms with Gasteiger partial charge < -0.3 is 20.1 Å². The van der Waals surface area contributed by atoms with Gasteiger partial charge in [-0.2, -0.15) is 0 Å². The summed E-state index contributed by atoms with van der Waals surface area (Å²) in [6, 6.07) is 10.7. The van der Waals surface area contributed by atoms with Gasteiger partial charge in [-0.15, -0.1) is 0 Å². The normalized spacial score (nSPS) is 17.7. The highest BCUT2D eigenvalue weighted by atomic mass is 35.5. The fourth-order valence-corrected chi connectivity index (χ4v) is 5.49. The van der Waals surface area contributed by atoms with Gasteiger partial charge in [-0.25, -0.2) is 0 Å². The predicted octanol–water partition coefficient (Wildman–Crippen LogP) is 5.38. The largest absolute Gasteiger partial charge is 0.493 e. The van der Waals surface area contributed by atoms with Crippen molar-refractivity contribution in [2.45, 2.75) is 51.4 Å². The van der Waals surface area contributed by atoms with Gasteiger partial charge >= 0.3 is 0 Å². The minimum absolute atomic E-state index is 0.0795. The molecule has 3 aliphatic rings. The lowest BCUT2D eigenvalue weighted by atomic mass is 9.71. The molecule has 8 heteroatoms. The van der Waals surface area contributed by atoms with E-state index in [1.807, 2.05) is 25.1 Å². The summed E-state index contributed by atoms with van der Waals surface area (Å²) in [5.74, 6) is 0.217. The number of nitrogens with one attached hydrogen (secondary N) is 2. The third-order valence-electron chi connectivity index (χ3n) is 7.13. The van der Waals surface area contributed by atoms with Gasteiger partial charge in [0.2, 0.25) is 0 Å². The monoisotopic (exact) mass is 520 g/mol. The highest BCUT2D eigenvalue weighted by Gasteiger charge is 2.40. The summed E-state index contributed by atoms with van der Waals surface area (Å²) in [6.07, 6.45) is 4.16. The quantitative estimate of drug-likeness (QED) is 0.531. The molecule has 2 N–H and O–H groups in total. The van der Waals surface area contributed by atoms with Crippen LogP contribution in [0.1, 0.15) is 55.6 Å². The fourth-order valence-electron chi connectivity index (χ4n) is 5.31. The standard InChI is InChI=1S/C29H29ClN2O5/c1-16-9-11-18(14-19(16)30)31-26(35)15-37-24-12-10-17(13-25(24)36-2)27-28-20(5-3-7-22(28)33)32-21-6-4-8-23(34)29(21)27/h9-14,27,32H,3-8,15H2,1-2H3,(H,31,35). The molecular weight excluding hydrogens is 492 g/mol. The number of carbonyl (C=O) groups is 3. The number of halogens is 1. The van der Waals surface area contributed by atoms with Gasteiger partial charge in [-0.3, -0.25) is 14.4 Å². The van der Waals surface area contributed by atoms with E-state index in [1.165, 1.54) is 7.11 Å². The Morgan fingerprint density at radius 2 is 1.65 bits per heavy atom. The third kappa shape index (κ3) is 5.01. The maximum atomic E-state index is 13.0. The highest BCUT2D eigenvalue weighted by molar-refractivity contribution is 6.31. The molecule has 2 aromatic rings. The van der Waals surface area contributed by atoms with Crippen molar-refractivity contribution in [3.05, 3.63) is 75.1 Å². The van der Waals surface area contributed by atoms with Crippen molar-refractivity contribution >= 4 is 34.8 Å². The number of hydrogen-bond acceptors (Lipinski definition) is 6. The molecule has 0 radical (unpaired) electrons. The lowest BCUT2D eigenvalue weighted by Crippen LogP contribution is -2.36. The van der Waals surface area contributed by atoms with Crippen LogP contribution in [0.3, 0.4) is 0 Å². The van der Waals surface area contributed by atoms with Crippen LogP contribution >= 0.6 is 11.6 Å². The van der Waals surface area contributed by atoms with Crippen LogP contribution in [0.4, 0.5) is 5.69 Å². The summed E-state index contributed by atoms with van der Waals surface area (Å²) >= 11 is 6.14. The number of rotatable bonds is 6. The van der Waals surface area contributed by atoms with Crippen molar-refractivity contribution in [3.63, 3.8) is 0 Å². The molecule has 37 heavy (non-hydrogen) atoms. The summed E-state index contributed by atoms with van der Waals surface area (Å²) in [5, 5.41) is 6.76. The highest BCUT2D eigenvalue weighted by Crippen LogP contribution is 2.46. The van der Waals surface area contributed by atoms with Gasteiger partial charge in [0, 0.05) is 52.0 Å². The number of anilines is 1. The Labute approximate surface area is 220 Å². The molecule has 2 aromatic carbocycles. The van der Waals surface area contributed by atoms with Gasteiger partial charge in [-0.05, 0) is 68.0 Å². The van der Waals surface area contributed by atoms with Crippen molar-refractivity contribution < 1.29 is 23.9 Å². The predicted molar refractivity (Wildman–Crippen MR) is 141 cm³/mol. The van der Waals surface area contributed by atoms with Crippen molar-refractivity contribution in [1.29, 1.82) is 0 Å². The molecule has 0 saturated heterocycles. The number of Topliss-reactive ketones (excluding diaryl/α,β-unsaturated/α-hetero) is 2. The SMILES string of the molecule is COc1cc(C2C3=C(CCCC3=O)NC3=C2C(=O)CCC3)ccc1OCC(=O)Nc1ccc(C)c(Cl)c1. The third-order valence-corrected chi connectivity index (χ3v) is 7.53. The Kier molecular flexibility index (Phi) is 7.07. The molecular formula is C29H29ClN2O5. The molecule has 0 atom stereocenters. The first-order chi connectivity index (χ1) is 17.9. The van der Waals surface area contributed by atoms with Gasteiger partial charge in [0.15, 0.2) is 29.7 Å². The van der Waals surface area contributed by atoms with E-state index in [9.17, 15) is 14.4 Å². The second-order valence-electron chi connectivity index (χ2n) is 9.61. The molecule has 1 heterocycles. The molecule has 0 unspecified atom stereocenters. The van der Waals surface area contributed by atoms with Gasteiger partial charge in [0.1, 0.15) is 0 Å². The number of ketones is 2. The second kappa shape index (κ2) is 10.4. The zero-order valence-electron chi connectivity index (χ0n) is 20.9. The van der Waals surface area contributed by atoms with Crippen LogP contribution in [0.2, 0.25) is 5.02 Å². The lowest BCUT2D eigenvalue weighted by Gasteiger charge is -2.37. The van der Waals surface area contributed by atoms with E-state index < -0.39 is 5.92 Å². The van der Waals surface area contributed by atoms with E-state index in [4.69, 9.17) is 21.1 Å². The van der Waals surface area contributed by atoms with Crippen LogP contribution in [-0.2, 0) is 14.4 Å². The number of allylic oxidation sites excluding steroid dienone is 4. The van der Waals surface area contributed by atoms with Crippen molar-refractivity contribution in [1.82, 2.24) is 5.32 Å². The fraction of sp³-hybridized carbons (Fsp3) is 0.345. The zero-order valence-corrected chi connectivity index (χ0v) is 21.7. The van der Waals surface area contributed by atoms with E-state index in [0.717, 1.165) is 48.2 Å². The lowest BCUT2D eigenvalue weighted by molar-refractivity contribution is -0.118. The summed E-state index contributed by atoms with van der Waals surface area (Å²) in [6.45, 7) is 1.66. The summed E-state index contributed by atoms with van der Waals surface area (Å²) in [7, 11) is 1.52. The number of carbonyl (C=O) groups excluding carboxylic acids is 3. The van der Waals surface area contributed by atoms with Crippen molar-refractivity contribution in [2.24, 2.45) is 0 Å². The van der Waals surface area contributed by atoms with E-state index >= 15 is 0 Å². The number of aryl methyl sites for hydroxylation is 1. The maximum absolute atomic E-state index is 13.0. The molecule has 1 amide bonds.